The van der Waals surface area contributed by atoms with Gasteiger partial charge in [-0.05, 0) is 12.8 Å². The van der Waals surface area contributed by atoms with E-state index in [0.717, 1.165) is 0 Å². The predicted octanol–water partition coefficient (Wildman–Crippen LogP) is 0.0209. The number of hydrogen-bond donors (Lipinski definition) is 1. The van der Waals surface area contributed by atoms with Crippen LogP contribution in [0.5, 0.6) is 0 Å². The van der Waals surface area contributed by atoms with Crippen LogP contribution in [0.4, 0.5) is 0 Å². The van der Waals surface area contributed by atoms with E-state index >= 15 is 0 Å². The molecule has 19 heavy (non-hydrogen) atoms. The summed E-state index contributed by atoms with van der Waals surface area (Å²) in [6.45, 7) is 7.45. The van der Waals surface area contributed by atoms with Crippen LogP contribution in [-0.4, -0.2) is 62.3 Å². The molecular formula is C13H24N2O4. The van der Waals surface area contributed by atoms with Crippen molar-refractivity contribution in [3.05, 3.63) is 0 Å². The number of nitrogens with zero attached hydrogens (tertiary/aromatic N) is 1. The van der Waals surface area contributed by atoms with Gasteiger partial charge in [0.15, 0.2) is 0 Å². The fourth-order valence-electron chi connectivity index (χ4n) is 2.21. The first-order chi connectivity index (χ1) is 8.99. The van der Waals surface area contributed by atoms with Crippen molar-refractivity contribution in [2.75, 3.05) is 33.5 Å². The number of ether oxygens (including phenoxy) is 2. The van der Waals surface area contributed by atoms with Crippen LogP contribution in [-0.2, 0) is 19.1 Å². The Morgan fingerprint density at radius 3 is 2.53 bits per heavy atom. The molecule has 1 aliphatic heterocycles. The second-order valence-corrected chi connectivity index (χ2v) is 5.06. The Bertz CT molecular complexity index is 320. The van der Waals surface area contributed by atoms with E-state index in [-0.39, 0.29) is 17.7 Å². The van der Waals surface area contributed by atoms with Gasteiger partial charge in [0.1, 0.15) is 12.1 Å². The smallest absolute Gasteiger partial charge is 0.245 e. The minimum Gasteiger partial charge on any atom is -0.382 e. The molecule has 6 nitrogen and oxygen atoms in total. The number of nitrogens with one attached hydrogen (secondary N) is 1. The van der Waals surface area contributed by atoms with Crippen molar-refractivity contribution in [1.29, 1.82) is 0 Å². The predicted molar refractivity (Wildman–Crippen MR) is 70.6 cm³/mol. The van der Waals surface area contributed by atoms with Crippen molar-refractivity contribution in [3.8, 4) is 0 Å². The van der Waals surface area contributed by atoms with Crippen molar-refractivity contribution in [2.45, 2.75) is 32.9 Å². The van der Waals surface area contributed by atoms with Crippen LogP contribution in [0.1, 0.15) is 20.8 Å². The zero-order valence-electron chi connectivity index (χ0n) is 12.1. The summed E-state index contributed by atoms with van der Waals surface area (Å²) < 4.78 is 10.3. The second kappa shape index (κ2) is 7.45. The molecule has 2 atom stereocenters. The SMILES string of the molecule is COCCOCCN1C(=O)C(C)NC(=O)C1C(C)C. The molecule has 1 fully saturated rings. The van der Waals surface area contributed by atoms with Gasteiger partial charge in [0.05, 0.1) is 19.8 Å². The number of carbonyl (C=O) groups excluding carboxylic acids is 2. The molecule has 110 valence electrons. The van der Waals surface area contributed by atoms with E-state index in [0.29, 0.717) is 26.4 Å². The zero-order chi connectivity index (χ0) is 14.4. The molecule has 0 radical (unpaired) electrons. The molecule has 0 aromatic rings. The normalized spacial score (nSPS) is 23.9. The Labute approximate surface area is 114 Å². The van der Waals surface area contributed by atoms with Gasteiger partial charge < -0.3 is 19.7 Å². The number of amides is 2. The molecule has 0 spiro atoms. The molecule has 0 aliphatic carbocycles. The molecular weight excluding hydrogens is 248 g/mol. The van der Waals surface area contributed by atoms with Gasteiger partial charge >= 0.3 is 0 Å². The van der Waals surface area contributed by atoms with Crippen LogP contribution >= 0.6 is 0 Å². The van der Waals surface area contributed by atoms with Gasteiger partial charge in [0, 0.05) is 13.7 Å². The number of methoxy groups -OCH3 is 1. The van der Waals surface area contributed by atoms with Crippen LogP contribution in [0, 0.1) is 5.92 Å². The van der Waals surface area contributed by atoms with Crippen LogP contribution in [0.2, 0.25) is 0 Å². The first-order valence-electron chi connectivity index (χ1n) is 6.66. The average Bonchev–Trinajstić information content (AvgIpc) is 2.34. The van der Waals surface area contributed by atoms with Gasteiger partial charge in [-0.25, -0.2) is 0 Å². The van der Waals surface area contributed by atoms with Crippen molar-refractivity contribution >= 4 is 11.8 Å². The van der Waals surface area contributed by atoms with Gasteiger partial charge in [-0.3, -0.25) is 9.59 Å². The summed E-state index contributed by atoms with van der Waals surface area (Å²) in [5.74, 6) is -0.0527. The average molecular weight is 272 g/mol. The van der Waals surface area contributed by atoms with E-state index in [1.807, 2.05) is 13.8 Å². The third-order valence-electron chi connectivity index (χ3n) is 3.16. The molecule has 6 heteroatoms. The van der Waals surface area contributed by atoms with Crippen molar-refractivity contribution < 1.29 is 19.1 Å². The Morgan fingerprint density at radius 2 is 1.95 bits per heavy atom. The highest BCUT2D eigenvalue weighted by Gasteiger charge is 2.39. The maximum absolute atomic E-state index is 12.1. The first kappa shape index (κ1) is 15.9. The molecule has 2 unspecified atom stereocenters. The summed E-state index contributed by atoms with van der Waals surface area (Å²) in [5.41, 5.74) is 0. The molecule has 1 rings (SSSR count). The summed E-state index contributed by atoms with van der Waals surface area (Å²) in [5, 5.41) is 2.71. The minimum absolute atomic E-state index is 0.0476. The summed E-state index contributed by atoms with van der Waals surface area (Å²) in [6, 6.07) is -0.865. The summed E-state index contributed by atoms with van der Waals surface area (Å²) in [7, 11) is 1.61. The molecule has 2 amide bonds. The monoisotopic (exact) mass is 272 g/mol. The van der Waals surface area contributed by atoms with E-state index in [9.17, 15) is 9.59 Å². The maximum Gasteiger partial charge on any atom is 0.245 e. The Balaban J connectivity index is 2.57. The molecule has 1 N–H and O–H groups in total. The largest absolute Gasteiger partial charge is 0.382 e. The van der Waals surface area contributed by atoms with Gasteiger partial charge in [-0.15, -0.1) is 0 Å². The van der Waals surface area contributed by atoms with Crippen LogP contribution in [0.15, 0.2) is 0 Å². The van der Waals surface area contributed by atoms with Gasteiger partial charge in [0.25, 0.3) is 0 Å². The number of carbonyl (C=O) groups is 2. The first-order valence-corrected chi connectivity index (χ1v) is 6.66. The van der Waals surface area contributed by atoms with Gasteiger partial charge in [-0.1, -0.05) is 13.8 Å². The fraction of sp³-hybridized carbons (Fsp3) is 0.846. The molecule has 0 saturated carbocycles. The lowest BCUT2D eigenvalue weighted by Crippen LogP contribution is -2.64. The molecule has 0 bridgehead atoms. The highest BCUT2D eigenvalue weighted by atomic mass is 16.5. The van der Waals surface area contributed by atoms with Gasteiger partial charge in [0.2, 0.25) is 11.8 Å². The molecule has 0 aromatic heterocycles. The number of rotatable bonds is 7. The Hall–Kier alpha value is -1.14. The quantitative estimate of drug-likeness (QED) is 0.664. The van der Waals surface area contributed by atoms with Crippen LogP contribution in [0.3, 0.4) is 0 Å². The van der Waals surface area contributed by atoms with Gasteiger partial charge in [-0.2, -0.15) is 0 Å². The molecule has 1 heterocycles. The second-order valence-electron chi connectivity index (χ2n) is 5.06. The van der Waals surface area contributed by atoms with E-state index in [2.05, 4.69) is 5.32 Å². The standard InChI is InChI=1S/C13H24N2O4/c1-9(2)11-12(16)14-10(3)13(17)15(11)5-6-19-8-7-18-4/h9-11H,5-8H2,1-4H3,(H,14,16). The molecule has 1 saturated heterocycles. The number of piperazine rings is 1. The summed E-state index contributed by atoms with van der Waals surface area (Å²) >= 11 is 0. The zero-order valence-corrected chi connectivity index (χ0v) is 12.1. The summed E-state index contributed by atoms with van der Waals surface area (Å²) in [6.07, 6.45) is 0. The van der Waals surface area contributed by atoms with Crippen LogP contribution < -0.4 is 5.32 Å². The maximum atomic E-state index is 12.1. The number of hydrogen-bond acceptors (Lipinski definition) is 4. The van der Waals surface area contributed by atoms with E-state index in [1.165, 1.54) is 0 Å². The Kier molecular flexibility index (Phi) is 6.24. The van der Waals surface area contributed by atoms with E-state index in [1.54, 1.807) is 18.9 Å². The third kappa shape index (κ3) is 4.18. The van der Waals surface area contributed by atoms with E-state index < -0.39 is 12.1 Å². The van der Waals surface area contributed by atoms with Crippen molar-refractivity contribution in [2.24, 2.45) is 5.92 Å². The highest BCUT2D eigenvalue weighted by Crippen LogP contribution is 2.17. The topological polar surface area (TPSA) is 67.9 Å². The highest BCUT2D eigenvalue weighted by molar-refractivity contribution is 5.96. The Morgan fingerprint density at radius 1 is 1.26 bits per heavy atom. The lowest BCUT2D eigenvalue weighted by molar-refractivity contribution is -0.151. The van der Waals surface area contributed by atoms with Crippen molar-refractivity contribution in [3.63, 3.8) is 0 Å². The molecule has 1 aliphatic rings. The lowest BCUT2D eigenvalue weighted by atomic mass is 9.97. The summed E-state index contributed by atoms with van der Waals surface area (Å²) in [4.78, 5) is 25.7. The minimum atomic E-state index is -0.457. The third-order valence-corrected chi connectivity index (χ3v) is 3.16. The fourth-order valence-corrected chi connectivity index (χ4v) is 2.21. The van der Waals surface area contributed by atoms with Crippen molar-refractivity contribution in [1.82, 2.24) is 10.2 Å². The lowest BCUT2D eigenvalue weighted by Gasteiger charge is -2.39. The van der Waals surface area contributed by atoms with Crippen LogP contribution in [0.25, 0.3) is 0 Å². The van der Waals surface area contributed by atoms with E-state index in [4.69, 9.17) is 9.47 Å². The molecule has 0 aromatic carbocycles.